The Hall–Kier alpha value is -4.73. The van der Waals surface area contributed by atoms with Crippen LogP contribution in [-0.4, -0.2) is 44.0 Å². The molecule has 0 spiro atoms. The lowest BCUT2D eigenvalue weighted by Crippen LogP contribution is -2.23. The van der Waals surface area contributed by atoms with Gasteiger partial charge in [0.1, 0.15) is 17.1 Å². The molecule has 0 heterocycles. The Morgan fingerprint density at radius 1 is 0.800 bits per heavy atom. The molecule has 3 aromatic carbocycles. The average Bonchev–Trinajstić information content (AvgIpc) is 2.87. The number of para-hydroxylation sites is 2. The number of rotatable bonds is 9. The van der Waals surface area contributed by atoms with E-state index < -0.39 is 36.8 Å². The Morgan fingerprint density at radius 3 is 2.17 bits per heavy atom. The summed E-state index contributed by atoms with van der Waals surface area (Å²) < 4.78 is 24.1. The maximum Gasteiger partial charge on any atom is 0.342 e. The zero-order valence-corrected chi connectivity index (χ0v) is 18.7. The summed E-state index contributed by atoms with van der Waals surface area (Å²) in [6.07, 6.45) is 0. The van der Waals surface area contributed by atoms with Gasteiger partial charge in [0.15, 0.2) is 13.2 Å². The van der Waals surface area contributed by atoms with Gasteiger partial charge in [-0.25, -0.2) is 9.18 Å². The molecule has 0 fully saturated rings. The van der Waals surface area contributed by atoms with Crippen LogP contribution in [0.25, 0.3) is 0 Å². The maximum absolute atomic E-state index is 13.7. The zero-order chi connectivity index (χ0) is 25.2. The third-order valence-electron chi connectivity index (χ3n) is 4.61. The van der Waals surface area contributed by atoms with Crippen LogP contribution in [0, 0.1) is 5.82 Å². The fourth-order valence-electron chi connectivity index (χ4n) is 2.91. The highest BCUT2D eigenvalue weighted by molar-refractivity contribution is 5.98. The van der Waals surface area contributed by atoms with Crippen molar-refractivity contribution >= 4 is 35.1 Å². The Kier molecular flexibility index (Phi) is 8.49. The second kappa shape index (κ2) is 11.9. The summed E-state index contributed by atoms with van der Waals surface area (Å²) in [5, 5.41) is 7.42. The highest BCUT2D eigenvalue weighted by atomic mass is 19.1. The number of benzene rings is 3. The standard InChI is InChI=1S/C25H22FN3O6/c1-27-24(32)16-10-12-17(13-11-16)28-22(30)15-35-25(33)18-6-2-5-9-21(18)34-14-23(31)29-20-8-4-3-7-19(20)26/h2-13H,14-15H2,1H3,(H,27,32)(H,28,30)(H,29,31). The fraction of sp³-hybridized carbons (Fsp3) is 0.120. The van der Waals surface area contributed by atoms with E-state index >= 15 is 0 Å². The highest BCUT2D eigenvalue weighted by Crippen LogP contribution is 2.19. The third kappa shape index (κ3) is 7.13. The molecule has 0 saturated heterocycles. The quantitative estimate of drug-likeness (QED) is 0.406. The van der Waals surface area contributed by atoms with E-state index in [0.717, 1.165) is 0 Å². The van der Waals surface area contributed by atoms with Crippen molar-refractivity contribution in [3.05, 3.63) is 89.7 Å². The first kappa shape index (κ1) is 24.9. The Labute approximate surface area is 200 Å². The first-order chi connectivity index (χ1) is 16.9. The van der Waals surface area contributed by atoms with E-state index in [1.165, 1.54) is 49.5 Å². The zero-order valence-electron chi connectivity index (χ0n) is 18.7. The molecule has 0 aliphatic carbocycles. The number of carbonyl (C=O) groups is 4. The molecule has 35 heavy (non-hydrogen) atoms. The van der Waals surface area contributed by atoms with Gasteiger partial charge < -0.3 is 25.4 Å². The normalized spacial score (nSPS) is 10.1. The first-order valence-electron chi connectivity index (χ1n) is 10.4. The van der Waals surface area contributed by atoms with Crippen LogP contribution in [0.4, 0.5) is 15.8 Å². The van der Waals surface area contributed by atoms with E-state index in [-0.39, 0.29) is 22.9 Å². The molecular formula is C25H22FN3O6. The van der Waals surface area contributed by atoms with Gasteiger partial charge in [0.05, 0.1) is 5.69 Å². The summed E-state index contributed by atoms with van der Waals surface area (Å²) in [5.74, 6) is -2.84. The largest absolute Gasteiger partial charge is 0.483 e. The lowest BCUT2D eigenvalue weighted by molar-refractivity contribution is -0.119. The molecule has 3 amide bonds. The highest BCUT2D eigenvalue weighted by Gasteiger charge is 2.17. The molecule has 0 aliphatic heterocycles. The van der Waals surface area contributed by atoms with E-state index in [1.54, 1.807) is 30.3 Å². The predicted molar refractivity (Wildman–Crippen MR) is 126 cm³/mol. The number of ether oxygens (including phenoxy) is 2. The molecule has 3 aromatic rings. The fourth-order valence-corrected chi connectivity index (χ4v) is 2.91. The number of amides is 3. The molecular weight excluding hydrogens is 457 g/mol. The molecule has 9 nitrogen and oxygen atoms in total. The van der Waals surface area contributed by atoms with Crippen molar-refractivity contribution in [3.63, 3.8) is 0 Å². The molecule has 0 atom stereocenters. The lowest BCUT2D eigenvalue weighted by Gasteiger charge is -2.12. The number of hydrogen-bond donors (Lipinski definition) is 3. The predicted octanol–water partition coefficient (Wildman–Crippen LogP) is 3.00. The van der Waals surface area contributed by atoms with Crippen molar-refractivity contribution in [2.45, 2.75) is 0 Å². The van der Waals surface area contributed by atoms with Gasteiger partial charge in [-0.3, -0.25) is 14.4 Å². The van der Waals surface area contributed by atoms with Crippen LogP contribution in [-0.2, 0) is 14.3 Å². The van der Waals surface area contributed by atoms with Gasteiger partial charge in [0.25, 0.3) is 17.7 Å². The SMILES string of the molecule is CNC(=O)c1ccc(NC(=O)COC(=O)c2ccccc2OCC(=O)Nc2ccccc2F)cc1. The summed E-state index contributed by atoms with van der Waals surface area (Å²) in [4.78, 5) is 48.3. The third-order valence-corrected chi connectivity index (χ3v) is 4.61. The maximum atomic E-state index is 13.7. The van der Waals surface area contributed by atoms with Crippen molar-refractivity contribution in [1.29, 1.82) is 0 Å². The van der Waals surface area contributed by atoms with Gasteiger partial charge in [0.2, 0.25) is 0 Å². The number of carbonyl (C=O) groups excluding carboxylic acids is 4. The minimum atomic E-state index is -0.833. The molecule has 0 saturated carbocycles. The van der Waals surface area contributed by atoms with Gasteiger partial charge in [-0.1, -0.05) is 24.3 Å². The molecule has 3 N–H and O–H groups in total. The van der Waals surface area contributed by atoms with Crippen LogP contribution < -0.4 is 20.7 Å². The molecule has 0 unspecified atom stereocenters. The van der Waals surface area contributed by atoms with E-state index in [2.05, 4.69) is 16.0 Å². The minimum Gasteiger partial charge on any atom is -0.483 e. The van der Waals surface area contributed by atoms with Crippen LogP contribution in [0.1, 0.15) is 20.7 Å². The average molecular weight is 479 g/mol. The molecule has 180 valence electrons. The monoisotopic (exact) mass is 479 g/mol. The summed E-state index contributed by atoms with van der Waals surface area (Å²) >= 11 is 0. The molecule has 0 radical (unpaired) electrons. The minimum absolute atomic E-state index is 0.00285. The second-order valence-electron chi connectivity index (χ2n) is 7.09. The van der Waals surface area contributed by atoms with Crippen molar-refractivity contribution in [1.82, 2.24) is 5.32 Å². The van der Waals surface area contributed by atoms with Gasteiger partial charge in [0, 0.05) is 18.3 Å². The molecule has 0 aromatic heterocycles. The van der Waals surface area contributed by atoms with Gasteiger partial charge in [-0.2, -0.15) is 0 Å². The van der Waals surface area contributed by atoms with Gasteiger partial charge in [-0.05, 0) is 48.5 Å². The van der Waals surface area contributed by atoms with Gasteiger partial charge >= 0.3 is 5.97 Å². The van der Waals surface area contributed by atoms with E-state index in [4.69, 9.17) is 9.47 Å². The van der Waals surface area contributed by atoms with Crippen LogP contribution in [0.3, 0.4) is 0 Å². The molecule has 0 aliphatic rings. The Bertz CT molecular complexity index is 1230. The summed E-state index contributed by atoms with van der Waals surface area (Å²) in [6.45, 7) is -1.05. The number of halogens is 1. The van der Waals surface area contributed by atoms with Crippen LogP contribution in [0.5, 0.6) is 5.75 Å². The van der Waals surface area contributed by atoms with E-state index in [1.807, 2.05) is 0 Å². The number of nitrogens with one attached hydrogen (secondary N) is 3. The van der Waals surface area contributed by atoms with E-state index in [9.17, 15) is 23.6 Å². The van der Waals surface area contributed by atoms with Crippen molar-refractivity contribution < 1.29 is 33.0 Å². The van der Waals surface area contributed by atoms with Crippen molar-refractivity contribution in [3.8, 4) is 5.75 Å². The second-order valence-corrected chi connectivity index (χ2v) is 7.09. The Balaban J connectivity index is 1.52. The smallest absolute Gasteiger partial charge is 0.342 e. The first-order valence-corrected chi connectivity index (χ1v) is 10.4. The summed E-state index contributed by atoms with van der Waals surface area (Å²) in [6, 6.07) is 17.9. The van der Waals surface area contributed by atoms with Crippen molar-refractivity contribution in [2.75, 3.05) is 30.9 Å². The number of hydrogen-bond acceptors (Lipinski definition) is 6. The Morgan fingerprint density at radius 2 is 1.46 bits per heavy atom. The lowest BCUT2D eigenvalue weighted by atomic mass is 10.2. The van der Waals surface area contributed by atoms with Crippen LogP contribution >= 0.6 is 0 Å². The topological polar surface area (TPSA) is 123 Å². The number of anilines is 2. The van der Waals surface area contributed by atoms with E-state index in [0.29, 0.717) is 11.3 Å². The van der Waals surface area contributed by atoms with Crippen molar-refractivity contribution in [2.24, 2.45) is 0 Å². The van der Waals surface area contributed by atoms with Crippen LogP contribution in [0.15, 0.2) is 72.8 Å². The summed E-state index contributed by atoms with van der Waals surface area (Å²) in [5.41, 5.74) is 0.858. The summed E-state index contributed by atoms with van der Waals surface area (Å²) in [7, 11) is 1.51. The molecule has 3 rings (SSSR count). The molecule has 10 heteroatoms. The van der Waals surface area contributed by atoms with Crippen LogP contribution in [0.2, 0.25) is 0 Å². The number of esters is 1. The molecule has 0 bridgehead atoms. The van der Waals surface area contributed by atoms with Gasteiger partial charge in [-0.15, -0.1) is 0 Å².